The molecule has 0 unspecified atom stereocenters. The molecule has 34 heavy (non-hydrogen) atoms. The fraction of sp³-hybridized carbons (Fsp3) is 0.583. The first kappa shape index (κ1) is 24.1. The van der Waals surface area contributed by atoms with E-state index in [0.717, 1.165) is 24.2 Å². The first-order valence-electron chi connectivity index (χ1n) is 12.0. The van der Waals surface area contributed by atoms with E-state index < -0.39 is 11.6 Å². The van der Waals surface area contributed by atoms with E-state index >= 15 is 0 Å². The number of halogens is 1. The molecule has 1 aromatic rings. The summed E-state index contributed by atoms with van der Waals surface area (Å²) in [5, 5.41) is 5.59. The number of amides is 5. The third kappa shape index (κ3) is 5.22. The highest BCUT2D eigenvalue weighted by molar-refractivity contribution is 6.09. The van der Waals surface area contributed by atoms with Crippen LogP contribution in [0.25, 0.3) is 0 Å². The zero-order chi connectivity index (χ0) is 24.3. The van der Waals surface area contributed by atoms with Gasteiger partial charge >= 0.3 is 6.03 Å². The van der Waals surface area contributed by atoms with Gasteiger partial charge in [0.05, 0.1) is 6.54 Å². The third-order valence-electron chi connectivity index (χ3n) is 7.30. The fourth-order valence-corrected chi connectivity index (χ4v) is 5.06. The van der Waals surface area contributed by atoms with Crippen LogP contribution in [-0.2, 0) is 14.4 Å². The Bertz CT molecular complexity index is 937. The molecule has 2 saturated heterocycles. The van der Waals surface area contributed by atoms with E-state index in [-0.39, 0.29) is 36.6 Å². The van der Waals surface area contributed by atoms with Gasteiger partial charge < -0.3 is 15.5 Å². The van der Waals surface area contributed by atoms with Gasteiger partial charge in [0.1, 0.15) is 17.9 Å². The molecular formula is C24H32FN5O4. The summed E-state index contributed by atoms with van der Waals surface area (Å²) in [6.07, 6.45) is 4.13. The Kier molecular flexibility index (Phi) is 7.16. The Morgan fingerprint density at radius 1 is 1.06 bits per heavy atom. The second kappa shape index (κ2) is 10.1. The second-order valence-electron chi connectivity index (χ2n) is 9.47. The molecule has 0 bridgehead atoms. The van der Waals surface area contributed by atoms with E-state index in [0.29, 0.717) is 50.6 Å². The summed E-state index contributed by atoms with van der Waals surface area (Å²) in [6, 6.07) is 5.08. The summed E-state index contributed by atoms with van der Waals surface area (Å²) < 4.78 is 13.0. The summed E-state index contributed by atoms with van der Waals surface area (Å²) in [6.45, 7) is 3.88. The highest BCUT2D eigenvalue weighted by Crippen LogP contribution is 2.37. The first-order chi connectivity index (χ1) is 16.3. The molecule has 5 amide bonds. The van der Waals surface area contributed by atoms with Crippen LogP contribution in [0.5, 0.6) is 0 Å². The Balaban J connectivity index is 1.23. The van der Waals surface area contributed by atoms with Gasteiger partial charge in [0.25, 0.3) is 5.91 Å². The molecule has 1 spiro atoms. The molecule has 10 heteroatoms. The maximum atomic E-state index is 13.0. The van der Waals surface area contributed by atoms with Crippen LogP contribution in [0.15, 0.2) is 24.3 Å². The van der Waals surface area contributed by atoms with E-state index in [9.17, 15) is 23.6 Å². The van der Waals surface area contributed by atoms with Crippen LogP contribution in [0, 0.1) is 11.7 Å². The van der Waals surface area contributed by atoms with Gasteiger partial charge in [-0.05, 0) is 55.9 Å². The number of hydrogen-bond acceptors (Lipinski definition) is 5. The van der Waals surface area contributed by atoms with E-state index in [1.807, 2.05) is 4.90 Å². The predicted molar refractivity (Wildman–Crippen MR) is 123 cm³/mol. The van der Waals surface area contributed by atoms with E-state index in [1.54, 1.807) is 4.90 Å². The van der Waals surface area contributed by atoms with Crippen LogP contribution in [-0.4, -0.2) is 83.3 Å². The van der Waals surface area contributed by atoms with Gasteiger partial charge in [-0.15, -0.1) is 0 Å². The monoisotopic (exact) mass is 473 g/mol. The van der Waals surface area contributed by atoms with Crippen molar-refractivity contribution in [2.75, 3.05) is 44.6 Å². The number of rotatable bonds is 6. The first-order valence-corrected chi connectivity index (χ1v) is 12.0. The van der Waals surface area contributed by atoms with Crippen LogP contribution in [0.4, 0.5) is 14.9 Å². The summed E-state index contributed by atoms with van der Waals surface area (Å²) in [5.41, 5.74) is -0.325. The molecule has 9 nitrogen and oxygen atoms in total. The molecule has 1 aliphatic carbocycles. The maximum Gasteiger partial charge on any atom is 0.325 e. The van der Waals surface area contributed by atoms with Crippen molar-refractivity contribution in [3.05, 3.63) is 30.1 Å². The number of benzene rings is 1. The second-order valence-corrected chi connectivity index (χ2v) is 9.47. The lowest BCUT2D eigenvalue weighted by atomic mass is 9.75. The van der Waals surface area contributed by atoms with E-state index in [4.69, 9.17) is 0 Å². The number of carbonyl (C=O) groups excluding carboxylic acids is 4. The lowest BCUT2D eigenvalue weighted by Gasteiger charge is -2.35. The van der Waals surface area contributed by atoms with Crippen molar-refractivity contribution in [3.63, 3.8) is 0 Å². The Hall–Kier alpha value is -3.01. The number of piperazine rings is 1. The number of carbonyl (C=O) groups is 4. The Morgan fingerprint density at radius 3 is 2.32 bits per heavy atom. The van der Waals surface area contributed by atoms with E-state index in [1.165, 1.54) is 24.3 Å². The highest BCUT2D eigenvalue weighted by Gasteiger charge is 2.52. The SMILES string of the molecule is CCC1CCC2(CC1)NC(=O)N(CC(=O)N1CCN(CC(=O)Nc3ccc(F)cc3)CC1)C2=O. The van der Waals surface area contributed by atoms with Crippen LogP contribution in [0.3, 0.4) is 0 Å². The molecule has 4 rings (SSSR count). The molecule has 2 N–H and O–H groups in total. The minimum atomic E-state index is -0.848. The van der Waals surface area contributed by atoms with Gasteiger partial charge in [-0.25, -0.2) is 9.18 Å². The van der Waals surface area contributed by atoms with Crippen LogP contribution < -0.4 is 10.6 Å². The lowest BCUT2D eigenvalue weighted by Crippen LogP contribution is -2.53. The lowest BCUT2D eigenvalue weighted by molar-refractivity contribution is -0.140. The van der Waals surface area contributed by atoms with Crippen LogP contribution in [0.2, 0.25) is 0 Å². The minimum Gasteiger partial charge on any atom is -0.339 e. The van der Waals surface area contributed by atoms with Crippen molar-refractivity contribution in [3.8, 4) is 0 Å². The molecule has 1 aromatic carbocycles. The molecule has 3 aliphatic rings. The predicted octanol–water partition coefficient (Wildman–Crippen LogP) is 1.80. The average Bonchev–Trinajstić information content (AvgIpc) is 3.05. The molecule has 0 aromatic heterocycles. The molecular weight excluding hydrogens is 441 g/mol. The topological polar surface area (TPSA) is 102 Å². The maximum absolute atomic E-state index is 13.0. The van der Waals surface area contributed by atoms with Crippen molar-refractivity contribution < 1.29 is 23.6 Å². The normalized spacial score (nSPS) is 25.5. The quantitative estimate of drug-likeness (QED) is 0.614. The number of nitrogens with one attached hydrogen (secondary N) is 2. The van der Waals surface area contributed by atoms with Crippen molar-refractivity contribution in [1.29, 1.82) is 0 Å². The van der Waals surface area contributed by atoms with Gasteiger partial charge in [-0.2, -0.15) is 0 Å². The molecule has 0 atom stereocenters. The smallest absolute Gasteiger partial charge is 0.325 e. The summed E-state index contributed by atoms with van der Waals surface area (Å²) in [5.74, 6) is -0.547. The number of nitrogens with zero attached hydrogens (tertiary/aromatic N) is 3. The van der Waals surface area contributed by atoms with Gasteiger partial charge in [0.2, 0.25) is 11.8 Å². The number of imide groups is 1. The fourth-order valence-electron chi connectivity index (χ4n) is 5.06. The summed E-state index contributed by atoms with van der Waals surface area (Å²) in [4.78, 5) is 55.3. The van der Waals surface area contributed by atoms with Gasteiger partial charge in [-0.3, -0.25) is 24.2 Å². The van der Waals surface area contributed by atoms with Crippen molar-refractivity contribution in [2.45, 2.75) is 44.6 Å². The Labute approximate surface area is 198 Å². The summed E-state index contributed by atoms with van der Waals surface area (Å²) >= 11 is 0. The molecule has 184 valence electrons. The zero-order valence-corrected chi connectivity index (χ0v) is 19.5. The Morgan fingerprint density at radius 2 is 1.71 bits per heavy atom. The van der Waals surface area contributed by atoms with E-state index in [2.05, 4.69) is 17.6 Å². The zero-order valence-electron chi connectivity index (χ0n) is 19.5. The molecule has 2 aliphatic heterocycles. The standard InChI is InChI=1S/C24H32FN5O4/c1-2-17-7-9-24(10-8-17)22(33)30(23(34)27-24)16-21(32)29-13-11-28(12-14-29)15-20(31)26-19-5-3-18(25)4-6-19/h3-6,17H,2,7-16H2,1H3,(H,26,31)(H,27,34). The van der Waals surface area contributed by atoms with Crippen molar-refractivity contribution in [2.24, 2.45) is 5.92 Å². The molecule has 1 saturated carbocycles. The van der Waals surface area contributed by atoms with Crippen LogP contribution in [0.1, 0.15) is 39.0 Å². The molecule has 0 radical (unpaired) electrons. The highest BCUT2D eigenvalue weighted by atomic mass is 19.1. The summed E-state index contributed by atoms with van der Waals surface area (Å²) in [7, 11) is 0. The van der Waals surface area contributed by atoms with Gasteiger partial charge in [0, 0.05) is 31.9 Å². The van der Waals surface area contributed by atoms with Crippen molar-refractivity contribution in [1.82, 2.24) is 20.0 Å². The van der Waals surface area contributed by atoms with Crippen LogP contribution >= 0.6 is 0 Å². The molecule has 3 fully saturated rings. The number of hydrogen-bond donors (Lipinski definition) is 2. The molecule has 2 heterocycles. The van der Waals surface area contributed by atoms with Crippen molar-refractivity contribution >= 4 is 29.4 Å². The van der Waals surface area contributed by atoms with Gasteiger partial charge in [0.15, 0.2) is 0 Å². The average molecular weight is 474 g/mol. The number of urea groups is 1. The number of anilines is 1. The third-order valence-corrected chi connectivity index (χ3v) is 7.30. The largest absolute Gasteiger partial charge is 0.339 e. The minimum absolute atomic E-state index is 0.160. The van der Waals surface area contributed by atoms with Gasteiger partial charge in [-0.1, -0.05) is 13.3 Å².